The molecule has 0 saturated heterocycles. The van der Waals surface area contributed by atoms with Gasteiger partial charge in [-0.15, -0.1) is 0 Å². The second-order valence-electron chi connectivity index (χ2n) is 4.92. The molecule has 0 unspecified atom stereocenters. The second kappa shape index (κ2) is 7.33. The van der Waals surface area contributed by atoms with Crippen LogP contribution >= 0.6 is 11.6 Å². The first kappa shape index (κ1) is 16.4. The maximum atomic E-state index is 13.4. The van der Waals surface area contributed by atoms with Crippen LogP contribution in [0.15, 0.2) is 42.5 Å². The normalized spacial score (nSPS) is 12.0. The smallest absolute Gasteiger partial charge is 0.279 e. The predicted octanol–water partition coefficient (Wildman–Crippen LogP) is 2.88. The number of rotatable bonds is 5. The molecule has 0 radical (unpaired) electrons. The van der Waals surface area contributed by atoms with Crippen molar-refractivity contribution in [2.45, 2.75) is 13.0 Å². The molecule has 1 atom stereocenters. The number of quaternary nitrogens is 1. The first-order valence-electron chi connectivity index (χ1n) is 6.80. The van der Waals surface area contributed by atoms with Crippen LogP contribution in [-0.2, 0) is 4.79 Å². The lowest BCUT2D eigenvalue weighted by molar-refractivity contribution is -0.682. The van der Waals surface area contributed by atoms with Crippen molar-refractivity contribution in [2.75, 3.05) is 11.9 Å². The Kier molecular flexibility index (Phi) is 5.46. The third-order valence-corrected chi connectivity index (χ3v) is 3.60. The number of nitrogens with one attached hydrogen (secondary N) is 1. The summed E-state index contributed by atoms with van der Waals surface area (Å²) in [6.45, 7) is 1.99. The van der Waals surface area contributed by atoms with E-state index in [9.17, 15) is 13.6 Å². The summed E-state index contributed by atoms with van der Waals surface area (Å²) in [6.07, 6.45) is 0. The number of carbonyl (C=O) groups is 1. The average Bonchev–Trinajstić information content (AvgIpc) is 2.49. The van der Waals surface area contributed by atoms with Crippen molar-refractivity contribution in [3.63, 3.8) is 0 Å². The van der Waals surface area contributed by atoms with E-state index in [0.29, 0.717) is 5.02 Å². The summed E-state index contributed by atoms with van der Waals surface area (Å²) < 4.78 is 26.5. The predicted molar refractivity (Wildman–Crippen MR) is 81.6 cm³/mol. The van der Waals surface area contributed by atoms with E-state index in [1.165, 1.54) is 0 Å². The molecule has 2 aromatic rings. The molecule has 0 aliphatic heterocycles. The van der Waals surface area contributed by atoms with E-state index in [1.807, 2.05) is 25.1 Å². The standard InChI is InChI=1S/C16H15ClF2N2O/c1-10(12-4-2-3-5-13(12)17)20-9-16(22)21-15-8-11(18)6-7-14(15)19/h2-8,10,20H,9H2,1H3,(H,21,22)/p+1/t10-/m1/s1. The number of amides is 1. The van der Waals surface area contributed by atoms with Gasteiger partial charge in [0.1, 0.15) is 17.7 Å². The fourth-order valence-electron chi connectivity index (χ4n) is 2.05. The van der Waals surface area contributed by atoms with Gasteiger partial charge < -0.3 is 10.6 Å². The van der Waals surface area contributed by atoms with Crippen LogP contribution in [0.5, 0.6) is 0 Å². The van der Waals surface area contributed by atoms with Gasteiger partial charge in [0.2, 0.25) is 0 Å². The topological polar surface area (TPSA) is 45.7 Å². The highest BCUT2D eigenvalue weighted by molar-refractivity contribution is 6.31. The molecule has 0 bridgehead atoms. The number of anilines is 1. The van der Waals surface area contributed by atoms with Gasteiger partial charge >= 0.3 is 0 Å². The van der Waals surface area contributed by atoms with Crippen LogP contribution in [0.2, 0.25) is 5.02 Å². The van der Waals surface area contributed by atoms with Crippen LogP contribution in [0.4, 0.5) is 14.5 Å². The van der Waals surface area contributed by atoms with E-state index in [1.54, 1.807) is 11.4 Å². The van der Waals surface area contributed by atoms with Crippen LogP contribution in [0.1, 0.15) is 18.5 Å². The Morgan fingerprint density at radius 2 is 2.00 bits per heavy atom. The summed E-state index contributed by atoms with van der Waals surface area (Å²) in [7, 11) is 0. The van der Waals surface area contributed by atoms with Gasteiger partial charge in [0, 0.05) is 16.7 Å². The van der Waals surface area contributed by atoms with E-state index < -0.39 is 17.5 Å². The molecule has 0 fully saturated rings. The molecule has 2 rings (SSSR count). The third kappa shape index (κ3) is 4.26. The zero-order valence-electron chi connectivity index (χ0n) is 11.9. The molecule has 0 aliphatic carbocycles. The molecule has 2 aromatic carbocycles. The fraction of sp³-hybridized carbons (Fsp3) is 0.188. The average molecular weight is 326 g/mol. The first-order chi connectivity index (χ1) is 10.5. The molecule has 116 valence electrons. The van der Waals surface area contributed by atoms with Crippen molar-refractivity contribution in [2.24, 2.45) is 0 Å². The molecule has 0 aliphatic rings. The molecule has 0 saturated carbocycles. The van der Waals surface area contributed by atoms with Crippen LogP contribution < -0.4 is 10.6 Å². The second-order valence-corrected chi connectivity index (χ2v) is 5.33. The van der Waals surface area contributed by atoms with Crippen molar-refractivity contribution in [1.82, 2.24) is 0 Å². The minimum atomic E-state index is -0.672. The van der Waals surface area contributed by atoms with Crippen LogP contribution in [0.3, 0.4) is 0 Å². The summed E-state index contributed by atoms with van der Waals surface area (Å²) in [5, 5.41) is 4.75. The van der Waals surface area contributed by atoms with Crippen LogP contribution in [0.25, 0.3) is 0 Å². The molecule has 0 heterocycles. The summed E-state index contributed by atoms with van der Waals surface area (Å²) in [5.74, 6) is -1.69. The highest BCUT2D eigenvalue weighted by Gasteiger charge is 2.15. The molecular formula is C16H16ClF2N2O+. The van der Waals surface area contributed by atoms with Crippen molar-refractivity contribution in [3.8, 4) is 0 Å². The third-order valence-electron chi connectivity index (χ3n) is 3.26. The lowest BCUT2D eigenvalue weighted by Crippen LogP contribution is -2.86. The van der Waals surface area contributed by atoms with Gasteiger partial charge in [-0.3, -0.25) is 4.79 Å². The van der Waals surface area contributed by atoms with E-state index in [0.717, 1.165) is 23.8 Å². The Bertz CT molecular complexity index is 679. The minimum Gasteiger partial charge on any atom is -0.332 e. The first-order valence-corrected chi connectivity index (χ1v) is 7.18. The summed E-state index contributed by atoms with van der Waals surface area (Å²) in [5.41, 5.74) is 0.748. The van der Waals surface area contributed by atoms with Gasteiger partial charge in [0.25, 0.3) is 5.91 Å². The monoisotopic (exact) mass is 325 g/mol. The zero-order chi connectivity index (χ0) is 16.1. The largest absolute Gasteiger partial charge is 0.332 e. The Labute approximate surface area is 132 Å². The number of hydrogen-bond donors (Lipinski definition) is 2. The van der Waals surface area contributed by atoms with Crippen molar-refractivity contribution >= 4 is 23.2 Å². The molecule has 0 aromatic heterocycles. The maximum absolute atomic E-state index is 13.4. The zero-order valence-corrected chi connectivity index (χ0v) is 12.7. The van der Waals surface area contributed by atoms with E-state index in [4.69, 9.17) is 11.6 Å². The van der Waals surface area contributed by atoms with E-state index >= 15 is 0 Å². The van der Waals surface area contributed by atoms with Crippen molar-refractivity contribution < 1.29 is 18.9 Å². The van der Waals surface area contributed by atoms with Gasteiger partial charge in [-0.25, -0.2) is 8.78 Å². The van der Waals surface area contributed by atoms with E-state index in [2.05, 4.69) is 5.32 Å². The molecule has 6 heteroatoms. The fourth-order valence-corrected chi connectivity index (χ4v) is 2.36. The highest BCUT2D eigenvalue weighted by atomic mass is 35.5. The van der Waals surface area contributed by atoms with Gasteiger partial charge in [-0.05, 0) is 25.1 Å². The van der Waals surface area contributed by atoms with Crippen molar-refractivity contribution in [1.29, 1.82) is 0 Å². The van der Waals surface area contributed by atoms with Gasteiger partial charge in [-0.1, -0.05) is 29.8 Å². The Balaban J connectivity index is 1.93. The maximum Gasteiger partial charge on any atom is 0.279 e. The van der Waals surface area contributed by atoms with Gasteiger partial charge in [0.15, 0.2) is 6.54 Å². The van der Waals surface area contributed by atoms with Crippen molar-refractivity contribution in [3.05, 3.63) is 64.7 Å². The summed E-state index contributed by atoms with van der Waals surface area (Å²) in [6, 6.07) is 10.3. The van der Waals surface area contributed by atoms with Crippen LogP contribution in [-0.4, -0.2) is 12.5 Å². The SMILES string of the molecule is C[C@@H]([NH2+]CC(=O)Nc1cc(F)ccc1F)c1ccccc1Cl. The molecule has 3 nitrogen and oxygen atoms in total. The number of hydrogen-bond acceptors (Lipinski definition) is 1. The highest BCUT2D eigenvalue weighted by Crippen LogP contribution is 2.19. The van der Waals surface area contributed by atoms with Gasteiger partial charge in [0.05, 0.1) is 5.69 Å². The lowest BCUT2D eigenvalue weighted by atomic mass is 10.1. The number of halogens is 3. The molecule has 0 spiro atoms. The number of carbonyl (C=O) groups excluding carboxylic acids is 1. The molecule has 3 N–H and O–H groups in total. The minimum absolute atomic E-state index is 0.0307. The Hall–Kier alpha value is -1.98. The van der Waals surface area contributed by atoms with Crippen LogP contribution in [0, 0.1) is 11.6 Å². The van der Waals surface area contributed by atoms with E-state index in [-0.39, 0.29) is 18.3 Å². The molecule has 22 heavy (non-hydrogen) atoms. The Morgan fingerprint density at radius 3 is 2.73 bits per heavy atom. The molecule has 1 amide bonds. The molecular weight excluding hydrogens is 310 g/mol. The quantitative estimate of drug-likeness (QED) is 0.872. The summed E-state index contributed by atoms with van der Waals surface area (Å²) >= 11 is 6.09. The Morgan fingerprint density at radius 1 is 1.27 bits per heavy atom. The van der Waals surface area contributed by atoms with Gasteiger partial charge in [-0.2, -0.15) is 0 Å². The number of benzene rings is 2. The lowest BCUT2D eigenvalue weighted by Gasteiger charge is -2.12. The summed E-state index contributed by atoms with van der Waals surface area (Å²) in [4.78, 5) is 11.8. The number of nitrogens with two attached hydrogens (primary N) is 1.